The molecule has 0 spiro atoms. The molecule has 2 aliphatic heterocycles. The summed E-state index contributed by atoms with van der Waals surface area (Å²) in [6, 6.07) is 16.2. The molecule has 250 valence electrons. The van der Waals surface area contributed by atoms with Gasteiger partial charge in [0.1, 0.15) is 0 Å². The minimum Gasteiger partial charge on any atom is -0.481 e. The second kappa shape index (κ2) is 13.4. The maximum atomic E-state index is 13.9. The van der Waals surface area contributed by atoms with Crippen LogP contribution in [-0.4, -0.2) is 64.1 Å². The molecule has 5 rings (SSSR count). The highest BCUT2D eigenvalue weighted by Crippen LogP contribution is 2.40. The number of hydrogen-bond donors (Lipinski definition) is 2. The molecule has 2 N–H and O–H groups in total. The SMILES string of the molecule is Cc1ccc(N2CC(CC(=O)O)(CC(=O)N3CCC(O)(c4cccc(C(F)(F)F)c4)CC3)CN(Cc3ccc(Cl)cc3Cl)C2=O)cc1. The minimum atomic E-state index is -4.57. The number of halogens is 5. The number of aryl methyl sites for hydroxylation is 1. The predicted octanol–water partition coefficient (Wildman–Crippen LogP) is 7.12. The number of alkyl halides is 3. The van der Waals surface area contributed by atoms with Gasteiger partial charge in [0.2, 0.25) is 5.91 Å². The molecule has 2 aliphatic rings. The first kappa shape index (κ1) is 34.5. The molecule has 8 nitrogen and oxygen atoms in total. The molecule has 2 fully saturated rings. The number of piperidine rings is 1. The van der Waals surface area contributed by atoms with Gasteiger partial charge in [0.15, 0.2) is 0 Å². The first-order chi connectivity index (χ1) is 22.1. The summed E-state index contributed by atoms with van der Waals surface area (Å²) >= 11 is 12.5. The number of nitrogens with zero attached hydrogens (tertiary/aromatic N) is 3. The van der Waals surface area contributed by atoms with E-state index in [-0.39, 0.29) is 69.5 Å². The number of carboxylic acid groups (broad SMARTS) is 1. The first-order valence-corrected chi connectivity index (χ1v) is 15.8. The van der Waals surface area contributed by atoms with Crippen LogP contribution in [-0.2, 0) is 27.9 Å². The molecule has 2 saturated heterocycles. The van der Waals surface area contributed by atoms with Crippen molar-refractivity contribution in [2.45, 2.75) is 50.9 Å². The topological polar surface area (TPSA) is 101 Å². The number of anilines is 1. The second-order valence-corrected chi connectivity index (χ2v) is 13.4. The Hall–Kier alpha value is -3.80. The van der Waals surface area contributed by atoms with Crippen molar-refractivity contribution < 1.29 is 37.8 Å². The van der Waals surface area contributed by atoms with E-state index >= 15 is 0 Å². The van der Waals surface area contributed by atoms with E-state index in [1.807, 2.05) is 19.1 Å². The largest absolute Gasteiger partial charge is 0.481 e. The Balaban J connectivity index is 1.40. The standard InChI is InChI=1S/C34H34Cl2F3N3O5/c1-22-5-9-27(10-6-22)42-21-32(18-30(44)45,20-41(31(42)46)19-23-7-8-26(35)16-28(23)36)17-29(43)40-13-11-33(47,12-14-40)24-3-2-4-25(15-24)34(37,38)39/h2-10,15-16,47H,11-14,17-21H2,1H3,(H,44,45). The summed E-state index contributed by atoms with van der Waals surface area (Å²) in [6.45, 7) is 1.96. The molecule has 0 bridgehead atoms. The fourth-order valence-electron chi connectivity index (χ4n) is 6.44. The average Bonchev–Trinajstić information content (AvgIpc) is 3.00. The van der Waals surface area contributed by atoms with Crippen LogP contribution in [0.3, 0.4) is 0 Å². The molecule has 13 heteroatoms. The summed E-state index contributed by atoms with van der Waals surface area (Å²) in [6.07, 6.45) is -5.20. The normalized spacial score (nSPS) is 20.0. The van der Waals surface area contributed by atoms with E-state index in [1.54, 1.807) is 30.3 Å². The fourth-order valence-corrected chi connectivity index (χ4v) is 6.91. The summed E-state index contributed by atoms with van der Waals surface area (Å²) in [5, 5.41) is 22.1. The Labute approximate surface area is 280 Å². The molecule has 0 radical (unpaired) electrons. The van der Waals surface area contributed by atoms with Gasteiger partial charge in [-0.25, -0.2) is 4.79 Å². The number of rotatable bonds is 8. The maximum absolute atomic E-state index is 13.9. The van der Waals surface area contributed by atoms with Crippen molar-refractivity contribution in [3.63, 3.8) is 0 Å². The highest BCUT2D eigenvalue weighted by atomic mass is 35.5. The monoisotopic (exact) mass is 691 g/mol. The molecule has 0 saturated carbocycles. The number of carbonyl (C=O) groups excluding carboxylic acids is 2. The highest BCUT2D eigenvalue weighted by Gasteiger charge is 2.47. The van der Waals surface area contributed by atoms with Crippen molar-refractivity contribution in [1.82, 2.24) is 9.80 Å². The number of amides is 3. The number of aliphatic carboxylic acids is 1. The van der Waals surface area contributed by atoms with Gasteiger partial charge in [-0.15, -0.1) is 0 Å². The number of aliphatic hydroxyl groups is 1. The molecule has 1 atom stereocenters. The van der Waals surface area contributed by atoms with Crippen molar-refractivity contribution in [2.75, 3.05) is 31.1 Å². The third-order valence-corrected chi connectivity index (χ3v) is 9.55. The van der Waals surface area contributed by atoms with Gasteiger partial charge >= 0.3 is 18.2 Å². The summed E-state index contributed by atoms with van der Waals surface area (Å²) in [5.41, 5.74) is -1.43. The lowest BCUT2D eigenvalue weighted by atomic mass is 9.77. The predicted molar refractivity (Wildman–Crippen MR) is 171 cm³/mol. The molecule has 3 aromatic carbocycles. The Morgan fingerprint density at radius 2 is 1.62 bits per heavy atom. The van der Waals surface area contributed by atoms with Crippen LogP contribution in [0.25, 0.3) is 0 Å². The van der Waals surface area contributed by atoms with Crippen molar-refractivity contribution >= 4 is 46.8 Å². The molecule has 2 heterocycles. The number of urea groups is 1. The summed E-state index contributed by atoms with van der Waals surface area (Å²) in [7, 11) is 0. The van der Waals surface area contributed by atoms with Gasteiger partial charge in [-0.3, -0.25) is 14.5 Å². The van der Waals surface area contributed by atoms with Crippen LogP contribution in [0, 0.1) is 12.3 Å². The highest BCUT2D eigenvalue weighted by molar-refractivity contribution is 6.35. The zero-order valence-electron chi connectivity index (χ0n) is 25.6. The van der Waals surface area contributed by atoms with E-state index in [4.69, 9.17) is 23.2 Å². The van der Waals surface area contributed by atoms with E-state index in [2.05, 4.69) is 0 Å². The molecule has 0 aliphatic carbocycles. The van der Waals surface area contributed by atoms with Crippen molar-refractivity contribution in [1.29, 1.82) is 0 Å². The summed E-state index contributed by atoms with van der Waals surface area (Å²) in [4.78, 5) is 44.5. The Morgan fingerprint density at radius 1 is 0.936 bits per heavy atom. The van der Waals surface area contributed by atoms with E-state index in [9.17, 15) is 37.8 Å². The van der Waals surface area contributed by atoms with Gasteiger partial charge in [0, 0.05) is 60.3 Å². The molecule has 0 aromatic heterocycles. The van der Waals surface area contributed by atoms with Crippen LogP contribution in [0.2, 0.25) is 10.0 Å². The molecule has 3 amide bonds. The Bertz CT molecular complexity index is 1660. The number of hydrogen-bond acceptors (Lipinski definition) is 4. The lowest BCUT2D eigenvalue weighted by Gasteiger charge is -2.48. The third kappa shape index (κ3) is 7.85. The quantitative estimate of drug-likeness (QED) is 0.262. The van der Waals surface area contributed by atoms with Crippen LogP contribution in [0.1, 0.15) is 47.9 Å². The lowest BCUT2D eigenvalue weighted by molar-refractivity contribution is -0.143. The van der Waals surface area contributed by atoms with Crippen molar-refractivity contribution in [2.24, 2.45) is 5.41 Å². The summed E-state index contributed by atoms with van der Waals surface area (Å²) in [5.74, 6) is -1.52. The van der Waals surface area contributed by atoms with Crippen LogP contribution >= 0.6 is 23.2 Å². The van der Waals surface area contributed by atoms with Gasteiger partial charge in [-0.2, -0.15) is 13.2 Å². The van der Waals surface area contributed by atoms with Crippen LogP contribution in [0.15, 0.2) is 66.7 Å². The number of likely N-dealkylation sites (tertiary alicyclic amines) is 1. The van der Waals surface area contributed by atoms with Crippen molar-refractivity contribution in [3.05, 3.63) is 99.0 Å². The smallest absolute Gasteiger partial charge is 0.416 e. The van der Waals surface area contributed by atoms with Crippen LogP contribution in [0.5, 0.6) is 0 Å². The molecular formula is C34H34Cl2F3N3O5. The van der Waals surface area contributed by atoms with Gasteiger partial charge in [0.05, 0.1) is 17.6 Å². The number of benzene rings is 3. The van der Waals surface area contributed by atoms with Crippen molar-refractivity contribution in [3.8, 4) is 0 Å². The zero-order valence-corrected chi connectivity index (χ0v) is 27.1. The third-order valence-electron chi connectivity index (χ3n) is 8.97. The van der Waals surface area contributed by atoms with Gasteiger partial charge < -0.3 is 20.0 Å². The Kier molecular flexibility index (Phi) is 9.82. The van der Waals surface area contributed by atoms with Crippen LogP contribution in [0.4, 0.5) is 23.7 Å². The van der Waals surface area contributed by atoms with Gasteiger partial charge in [0.25, 0.3) is 0 Å². The second-order valence-electron chi connectivity index (χ2n) is 12.5. The van der Waals surface area contributed by atoms with E-state index in [0.717, 1.165) is 17.7 Å². The van der Waals surface area contributed by atoms with E-state index in [1.165, 1.54) is 26.8 Å². The lowest BCUT2D eigenvalue weighted by Crippen LogP contribution is -2.60. The number of carboxylic acids is 1. The zero-order chi connectivity index (χ0) is 34.1. The summed E-state index contributed by atoms with van der Waals surface area (Å²) < 4.78 is 40.0. The first-order valence-electron chi connectivity index (χ1n) is 15.0. The van der Waals surface area contributed by atoms with E-state index in [0.29, 0.717) is 21.3 Å². The fraction of sp³-hybridized carbons (Fsp3) is 0.382. The number of carbonyl (C=O) groups is 3. The van der Waals surface area contributed by atoms with Gasteiger partial charge in [-0.05, 0) is 67.3 Å². The van der Waals surface area contributed by atoms with Crippen LogP contribution < -0.4 is 4.90 Å². The Morgan fingerprint density at radius 3 is 2.23 bits per heavy atom. The van der Waals surface area contributed by atoms with E-state index < -0.39 is 35.1 Å². The minimum absolute atomic E-state index is 0.00114. The average molecular weight is 693 g/mol. The molecule has 3 aromatic rings. The van der Waals surface area contributed by atoms with Gasteiger partial charge in [-0.1, -0.05) is 59.1 Å². The molecular weight excluding hydrogens is 658 g/mol. The maximum Gasteiger partial charge on any atom is 0.416 e. The molecule has 47 heavy (non-hydrogen) atoms. The molecule has 1 unspecified atom stereocenters.